The number of pyridine rings is 1. The van der Waals surface area contributed by atoms with Gasteiger partial charge in [-0.1, -0.05) is 39.7 Å². The maximum atomic E-state index is 13.0. The summed E-state index contributed by atoms with van der Waals surface area (Å²) in [6.07, 6.45) is 2.55. The Bertz CT molecular complexity index is 1120. The van der Waals surface area contributed by atoms with E-state index in [0.717, 1.165) is 27.5 Å². The predicted molar refractivity (Wildman–Crippen MR) is 112 cm³/mol. The molecule has 1 aliphatic rings. The Morgan fingerprint density at radius 2 is 2.00 bits per heavy atom. The average molecular weight is 446 g/mol. The molecular weight excluding hydrogens is 428 g/mol. The minimum Gasteiger partial charge on any atom is -0.345 e. The smallest absolute Gasteiger partial charge is 0.257 e. The maximum absolute atomic E-state index is 13.0. The van der Waals surface area contributed by atoms with Crippen molar-refractivity contribution in [3.63, 3.8) is 0 Å². The highest BCUT2D eigenvalue weighted by Gasteiger charge is 2.25. The Morgan fingerprint density at radius 1 is 1.30 bits per heavy atom. The van der Waals surface area contributed by atoms with E-state index in [1.54, 1.807) is 24.4 Å². The van der Waals surface area contributed by atoms with Gasteiger partial charge in [-0.25, -0.2) is 0 Å². The minimum absolute atomic E-state index is 0.168. The van der Waals surface area contributed by atoms with Crippen molar-refractivity contribution in [1.29, 1.82) is 0 Å². The van der Waals surface area contributed by atoms with Crippen LogP contribution in [0.2, 0.25) is 5.02 Å². The first-order valence-electron chi connectivity index (χ1n) is 8.78. The second kappa shape index (κ2) is 6.80. The summed E-state index contributed by atoms with van der Waals surface area (Å²) in [5.74, 6) is -0.367. The Balaban J connectivity index is 1.74. The zero-order chi connectivity index (χ0) is 19.3. The molecule has 0 radical (unpaired) electrons. The van der Waals surface area contributed by atoms with Crippen molar-refractivity contribution < 1.29 is 4.79 Å². The molecular formula is C21H18BrClN2O2. The molecule has 2 atom stereocenters. The summed E-state index contributed by atoms with van der Waals surface area (Å²) in [4.78, 5) is 25.9. The van der Waals surface area contributed by atoms with Crippen LogP contribution >= 0.6 is 27.5 Å². The first-order chi connectivity index (χ1) is 12.8. The largest absolute Gasteiger partial charge is 0.345 e. The summed E-state index contributed by atoms with van der Waals surface area (Å²) in [6, 6.07) is 11.1. The summed E-state index contributed by atoms with van der Waals surface area (Å²) in [6.45, 7) is 3.98. The summed E-state index contributed by atoms with van der Waals surface area (Å²) < 4.78 is 2.90. The second-order valence-corrected chi connectivity index (χ2v) is 8.39. The highest BCUT2D eigenvalue weighted by Crippen LogP contribution is 2.33. The van der Waals surface area contributed by atoms with E-state index in [1.165, 1.54) is 0 Å². The topological polar surface area (TPSA) is 51.1 Å². The number of rotatable bonds is 3. The Morgan fingerprint density at radius 3 is 2.70 bits per heavy atom. The van der Waals surface area contributed by atoms with Gasteiger partial charge in [-0.2, -0.15) is 0 Å². The van der Waals surface area contributed by atoms with E-state index >= 15 is 0 Å². The lowest BCUT2D eigenvalue weighted by Gasteiger charge is -2.16. The number of hydrogen-bond donors (Lipinski definition) is 1. The summed E-state index contributed by atoms with van der Waals surface area (Å²) in [5.41, 5.74) is 2.92. The van der Waals surface area contributed by atoms with Crippen LogP contribution in [0, 0.1) is 0 Å². The molecule has 1 aromatic heterocycles. The fourth-order valence-corrected chi connectivity index (χ4v) is 4.36. The van der Waals surface area contributed by atoms with Crippen molar-refractivity contribution in [1.82, 2.24) is 9.88 Å². The zero-order valence-electron chi connectivity index (χ0n) is 14.9. The molecule has 2 aromatic carbocycles. The second-order valence-electron chi connectivity index (χ2n) is 7.04. The Labute approximate surface area is 170 Å². The molecule has 1 aliphatic heterocycles. The van der Waals surface area contributed by atoms with E-state index in [-0.39, 0.29) is 29.0 Å². The Kier molecular flexibility index (Phi) is 4.60. The van der Waals surface area contributed by atoms with Crippen LogP contribution in [-0.2, 0) is 6.42 Å². The van der Waals surface area contributed by atoms with Gasteiger partial charge >= 0.3 is 0 Å². The molecule has 6 heteroatoms. The molecule has 0 aliphatic carbocycles. The van der Waals surface area contributed by atoms with Gasteiger partial charge in [-0.05, 0) is 55.7 Å². The molecule has 4 rings (SSSR count). The third-order valence-electron chi connectivity index (χ3n) is 5.12. The maximum Gasteiger partial charge on any atom is 0.257 e. The van der Waals surface area contributed by atoms with Gasteiger partial charge in [-0.15, -0.1) is 0 Å². The van der Waals surface area contributed by atoms with Gasteiger partial charge in [0.1, 0.15) is 5.56 Å². The zero-order valence-corrected chi connectivity index (χ0v) is 17.3. The van der Waals surface area contributed by atoms with Gasteiger partial charge < -0.3 is 9.88 Å². The fraction of sp³-hybridized carbons (Fsp3) is 0.238. The molecule has 0 spiro atoms. The van der Waals surface area contributed by atoms with Crippen LogP contribution in [-0.4, -0.2) is 10.5 Å². The molecule has 0 bridgehead atoms. The van der Waals surface area contributed by atoms with Crippen LogP contribution in [0.3, 0.4) is 0 Å². The van der Waals surface area contributed by atoms with Crippen molar-refractivity contribution in [3.05, 3.63) is 79.0 Å². The van der Waals surface area contributed by atoms with E-state index in [4.69, 9.17) is 11.6 Å². The number of aromatic nitrogens is 1. The van der Waals surface area contributed by atoms with Crippen molar-refractivity contribution in [3.8, 4) is 0 Å². The third-order valence-corrected chi connectivity index (χ3v) is 5.83. The molecule has 0 fully saturated rings. The van der Waals surface area contributed by atoms with E-state index < -0.39 is 0 Å². The number of nitrogens with zero attached hydrogens (tertiary/aromatic N) is 1. The molecule has 3 aromatic rings. The van der Waals surface area contributed by atoms with Crippen molar-refractivity contribution in [2.24, 2.45) is 0 Å². The third kappa shape index (κ3) is 3.19. The molecule has 0 unspecified atom stereocenters. The lowest BCUT2D eigenvalue weighted by atomic mass is 10.1. The van der Waals surface area contributed by atoms with E-state index in [9.17, 15) is 9.59 Å². The molecule has 1 N–H and O–H groups in total. The molecule has 1 amide bonds. The van der Waals surface area contributed by atoms with Gasteiger partial charge in [0.05, 0.1) is 11.6 Å². The quantitative estimate of drug-likeness (QED) is 0.615. The van der Waals surface area contributed by atoms with Crippen LogP contribution in [0.1, 0.15) is 47.4 Å². The van der Waals surface area contributed by atoms with Gasteiger partial charge in [-0.3, -0.25) is 9.59 Å². The van der Waals surface area contributed by atoms with Gasteiger partial charge in [0.25, 0.3) is 5.91 Å². The number of halogens is 2. The number of hydrogen-bond acceptors (Lipinski definition) is 2. The van der Waals surface area contributed by atoms with Crippen molar-refractivity contribution in [2.75, 3.05) is 0 Å². The fourth-order valence-electron chi connectivity index (χ4n) is 3.73. The summed E-state index contributed by atoms with van der Waals surface area (Å²) >= 11 is 9.40. The van der Waals surface area contributed by atoms with E-state index in [2.05, 4.69) is 28.2 Å². The van der Waals surface area contributed by atoms with Crippen LogP contribution in [0.25, 0.3) is 10.9 Å². The standard InChI is InChI=1S/C21H18BrClN2O2/c1-11-7-14-8-15(22)9-17-19(14)25(11)10-18(20(17)26)21(27)24-12(2)13-3-5-16(23)6-4-13/h3-6,8-12H,7H2,1-2H3,(H,24,27)/t11-,12-/m1/s1. The van der Waals surface area contributed by atoms with Crippen LogP contribution in [0.4, 0.5) is 0 Å². The number of amides is 1. The first-order valence-corrected chi connectivity index (χ1v) is 9.96. The number of nitrogens with one attached hydrogen (secondary N) is 1. The van der Waals surface area contributed by atoms with Crippen LogP contribution in [0.5, 0.6) is 0 Å². The molecule has 2 heterocycles. The molecule has 0 saturated carbocycles. The SMILES string of the molecule is C[C@@H]1Cc2cc(Br)cc3c(=O)c(C(=O)N[C@H](C)c4ccc(Cl)cc4)cn1c23. The highest BCUT2D eigenvalue weighted by atomic mass is 79.9. The molecule has 0 saturated heterocycles. The number of benzene rings is 2. The monoisotopic (exact) mass is 444 g/mol. The van der Waals surface area contributed by atoms with Gasteiger partial charge in [0, 0.05) is 27.1 Å². The molecule has 27 heavy (non-hydrogen) atoms. The van der Waals surface area contributed by atoms with Gasteiger partial charge in [0.15, 0.2) is 0 Å². The summed E-state index contributed by atoms with van der Waals surface area (Å²) in [5, 5.41) is 4.15. The lowest BCUT2D eigenvalue weighted by molar-refractivity contribution is 0.0938. The highest BCUT2D eigenvalue weighted by molar-refractivity contribution is 9.10. The minimum atomic E-state index is -0.367. The average Bonchev–Trinajstić information content (AvgIpc) is 2.93. The van der Waals surface area contributed by atoms with Gasteiger partial charge in [0.2, 0.25) is 5.43 Å². The number of carbonyl (C=O) groups excluding carboxylic acids is 1. The first kappa shape index (κ1) is 18.3. The molecule has 4 nitrogen and oxygen atoms in total. The predicted octanol–water partition coefficient (Wildman–Crippen LogP) is 5.03. The van der Waals surface area contributed by atoms with Crippen molar-refractivity contribution in [2.45, 2.75) is 32.4 Å². The normalized spacial score (nSPS) is 16.5. The van der Waals surface area contributed by atoms with Crippen LogP contribution in [0.15, 0.2) is 51.9 Å². The van der Waals surface area contributed by atoms with E-state index in [0.29, 0.717) is 10.4 Å². The molecule has 138 valence electrons. The summed E-state index contributed by atoms with van der Waals surface area (Å²) in [7, 11) is 0. The Hall–Kier alpha value is -2.11. The van der Waals surface area contributed by atoms with Crippen molar-refractivity contribution >= 4 is 44.3 Å². The number of carbonyl (C=O) groups is 1. The van der Waals surface area contributed by atoms with E-state index in [1.807, 2.05) is 29.7 Å². The van der Waals surface area contributed by atoms with Crippen LogP contribution < -0.4 is 10.7 Å². The lowest BCUT2D eigenvalue weighted by Crippen LogP contribution is -2.31.